The minimum absolute atomic E-state index is 0.303. The normalized spacial score (nSPS) is 15.9. The van der Waals surface area contributed by atoms with Crippen LogP contribution in [0.3, 0.4) is 0 Å². The summed E-state index contributed by atoms with van der Waals surface area (Å²) < 4.78 is 40.0. The van der Waals surface area contributed by atoms with Crippen molar-refractivity contribution < 1.29 is 13.2 Å². The first kappa shape index (κ1) is 16.1. The number of halogens is 3. The van der Waals surface area contributed by atoms with Gasteiger partial charge in [0.05, 0.1) is 5.56 Å². The molecule has 21 heavy (non-hydrogen) atoms. The number of rotatable bonds is 6. The molecule has 2 N–H and O–H groups in total. The van der Waals surface area contributed by atoms with E-state index in [0.29, 0.717) is 36.7 Å². The Bertz CT molecular complexity index is 467. The van der Waals surface area contributed by atoms with Gasteiger partial charge in [-0.3, -0.25) is 0 Å². The van der Waals surface area contributed by atoms with Crippen molar-refractivity contribution >= 4 is 5.69 Å². The highest BCUT2D eigenvalue weighted by Gasteiger charge is 2.35. The smallest absolute Gasteiger partial charge is 0.371 e. The van der Waals surface area contributed by atoms with Crippen LogP contribution in [0.1, 0.15) is 37.3 Å². The highest BCUT2D eigenvalue weighted by Crippen LogP contribution is 2.38. The number of hydrogen-bond acceptors (Lipinski definition) is 2. The molecule has 0 radical (unpaired) electrons. The molecule has 0 unspecified atom stereocenters. The Labute approximate surface area is 124 Å². The Kier molecular flexibility index (Phi) is 5.14. The van der Waals surface area contributed by atoms with Crippen LogP contribution in [-0.4, -0.2) is 19.6 Å². The fourth-order valence-electron chi connectivity index (χ4n) is 2.79. The predicted octanol–water partition coefficient (Wildman–Crippen LogP) is 3.83. The molecule has 2 nitrogen and oxygen atoms in total. The van der Waals surface area contributed by atoms with Gasteiger partial charge in [0, 0.05) is 18.8 Å². The van der Waals surface area contributed by atoms with Gasteiger partial charge in [0.15, 0.2) is 0 Å². The number of anilines is 1. The van der Waals surface area contributed by atoms with E-state index in [4.69, 9.17) is 5.73 Å². The van der Waals surface area contributed by atoms with Crippen LogP contribution in [0.5, 0.6) is 0 Å². The summed E-state index contributed by atoms with van der Waals surface area (Å²) in [5.74, 6) is 0.537. The zero-order valence-corrected chi connectivity index (χ0v) is 12.4. The van der Waals surface area contributed by atoms with Crippen molar-refractivity contribution in [3.8, 4) is 0 Å². The highest BCUT2D eigenvalue weighted by atomic mass is 19.4. The summed E-state index contributed by atoms with van der Waals surface area (Å²) in [6, 6.07) is 4.63. The second-order valence-electron chi connectivity index (χ2n) is 5.72. The fraction of sp³-hybridized carbons (Fsp3) is 0.625. The maximum atomic E-state index is 13.3. The summed E-state index contributed by atoms with van der Waals surface area (Å²) in [7, 11) is 0. The third kappa shape index (κ3) is 3.90. The van der Waals surface area contributed by atoms with E-state index in [1.54, 1.807) is 12.1 Å². The van der Waals surface area contributed by atoms with Crippen molar-refractivity contribution in [2.45, 2.75) is 38.8 Å². The predicted molar refractivity (Wildman–Crippen MR) is 79.4 cm³/mol. The number of benzene rings is 1. The first-order valence-corrected chi connectivity index (χ1v) is 7.60. The van der Waals surface area contributed by atoms with Gasteiger partial charge in [-0.2, -0.15) is 13.2 Å². The lowest BCUT2D eigenvalue weighted by Gasteiger charge is -2.34. The average molecular weight is 300 g/mol. The second-order valence-corrected chi connectivity index (χ2v) is 5.72. The largest absolute Gasteiger partial charge is 0.418 e. The molecule has 0 bridgehead atoms. The third-order valence-corrected chi connectivity index (χ3v) is 4.23. The zero-order chi connectivity index (χ0) is 15.5. The SMILES string of the molecule is CCN(CC1CCC1)c1ccc(CCN)cc1C(F)(F)F. The lowest BCUT2D eigenvalue weighted by molar-refractivity contribution is -0.137. The Morgan fingerprint density at radius 1 is 1.29 bits per heavy atom. The minimum Gasteiger partial charge on any atom is -0.371 e. The van der Waals surface area contributed by atoms with Crippen LogP contribution >= 0.6 is 0 Å². The molecule has 1 fully saturated rings. The molecule has 0 saturated heterocycles. The van der Waals surface area contributed by atoms with Gasteiger partial charge < -0.3 is 10.6 Å². The number of alkyl halides is 3. The summed E-state index contributed by atoms with van der Waals surface area (Å²) in [5, 5.41) is 0. The molecule has 0 aromatic heterocycles. The molecule has 1 aliphatic rings. The minimum atomic E-state index is -4.33. The van der Waals surface area contributed by atoms with Crippen molar-refractivity contribution in [3.05, 3.63) is 29.3 Å². The lowest BCUT2D eigenvalue weighted by atomic mass is 9.85. The van der Waals surface area contributed by atoms with E-state index < -0.39 is 11.7 Å². The van der Waals surface area contributed by atoms with Gasteiger partial charge in [-0.05, 0) is 56.3 Å². The molecule has 2 rings (SSSR count). The maximum Gasteiger partial charge on any atom is 0.418 e. The average Bonchev–Trinajstić information content (AvgIpc) is 2.38. The molecule has 0 atom stereocenters. The third-order valence-electron chi connectivity index (χ3n) is 4.23. The second kappa shape index (κ2) is 6.69. The van der Waals surface area contributed by atoms with E-state index in [1.165, 1.54) is 12.5 Å². The number of nitrogens with two attached hydrogens (primary N) is 1. The molecule has 1 saturated carbocycles. The van der Waals surface area contributed by atoms with Crippen LogP contribution in [0.4, 0.5) is 18.9 Å². The van der Waals surface area contributed by atoms with Crippen molar-refractivity contribution in [3.63, 3.8) is 0 Å². The van der Waals surface area contributed by atoms with Gasteiger partial charge in [0.1, 0.15) is 0 Å². The van der Waals surface area contributed by atoms with Crippen LogP contribution in [0.15, 0.2) is 18.2 Å². The Hall–Kier alpha value is -1.23. The highest BCUT2D eigenvalue weighted by molar-refractivity contribution is 5.56. The molecule has 118 valence electrons. The van der Waals surface area contributed by atoms with Gasteiger partial charge in [-0.25, -0.2) is 0 Å². The van der Waals surface area contributed by atoms with Gasteiger partial charge in [0.25, 0.3) is 0 Å². The van der Waals surface area contributed by atoms with Crippen LogP contribution in [0, 0.1) is 5.92 Å². The van der Waals surface area contributed by atoms with Crippen molar-refractivity contribution in [2.24, 2.45) is 11.7 Å². The monoisotopic (exact) mass is 300 g/mol. The van der Waals surface area contributed by atoms with Crippen LogP contribution < -0.4 is 10.6 Å². The topological polar surface area (TPSA) is 29.3 Å². The standard InChI is InChI=1S/C16H23F3N2/c1-2-21(11-13-4-3-5-13)15-7-6-12(8-9-20)10-14(15)16(17,18)19/h6-7,10,13H,2-5,8-9,11,20H2,1H3. The van der Waals surface area contributed by atoms with Crippen LogP contribution in [0.25, 0.3) is 0 Å². The van der Waals surface area contributed by atoms with Crippen molar-refractivity contribution in [2.75, 3.05) is 24.5 Å². The summed E-state index contributed by atoms with van der Waals surface area (Å²) in [6.45, 7) is 3.58. The van der Waals surface area contributed by atoms with Gasteiger partial charge in [-0.1, -0.05) is 12.5 Å². The fourth-order valence-corrected chi connectivity index (χ4v) is 2.79. The summed E-state index contributed by atoms with van der Waals surface area (Å²) in [5.41, 5.74) is 5.86. The molecule has 1 aliphatic carbocycles. The first-order chi connectivity index (χ1) is 9.95. The number of hydrogen-bond donors (Lipinski definition) is 1. The molecule has 0 amide bonds. The quantitative estimate of drug-likeness (QED) is 0.865. The molecule has 1 aromatic carbocycles. The van der Waals surface area contributed by atoms with Gasteiger partial charge in [0.2, 0.25) is 0 Å². The molecule has 0 heterocycles. The van der Waals surface area contributed by atoms with Gasteiger partial charge in [-0.15, -0.1) is 0 Å². The van der Waals surface area contributed by atoms with E-state index in [9.17, 15) is 13.2 Å². The molecule has 5 heteroatoms. The molecule has 0 aliphatic heterocycles. The van der Waals surface area contributed by atoms with E-state index in [0.717, 1.165) is 19.4 Å². The van der Waals surface area contributed by atoms with E-state index in [1.807, 2.05) is 11.8 Å². The summed E-state index contributed by atoms with van der Waals surface area (Å²) >= 11 is 0. The Morgan fingerprint density at radius 2 is 2.00 bits per heavy atom. The Balaban J connectivity index is 2.30. The number of nitrogens with zero attached hydrogens (tertiary/aromatic N) is 1. The summed E-state index contributed by atoms with van der Waals surface area (Å²) in [6.07, 6.45) is -0.402. The molecular weight excluding hydrogens is 277 g/mol. The molecule has 1 aromatic rings. The lowest BCUT2D eigenvalue weighted by Crippen LogP contribution is -2.33. The van der Waals surface area contributed by atoms with E-state index >= 15 is 0 Å². The van der Waals surface area contributed by atoms with Crippen LogP contribution in [0.2, 0.25) is 0 Å². The molecular formula is C16H23F3N2. The molecule has 0 spiro atoms. The first-order valence-electron chi connectivity index (χ1n) is 7.60. The van der Waals surface area contributed by atoms with E-state index in [-0.39, 0.29) is 0 Å². The van der Waals surface area contributed by atoms with Crippen LogP contribution in [-0.2, 0) is 12.6 Å². The van der Waals surface area contributed by atoms with Crippen molar-refractivity contribution in [1.29, 1.82) is 0 Å². The van der Waals surface area contributed by atoms with E-state index in [2.05, 4.69) is 0 Å². The zero-order valence-electron chi connectivity index (χ0n) is 12.4. The van der Waals surface area contributed by atoms with Gasteiger partial charge >= 0.3 is 6.18 Å². The maximum absolute atomic E-state index is 13.3. The summed E-state index contributed by atoms with van der Waals surface area (Å²) in [4.78, 5) is 1.86. The van der Waals surface area contributed by atoms with Crippen molar-refractivity contribution in [1.82, 2.24) is 0 Å². The Morgan fingerprint density at radius 3 is 2.48 bits per heavy atom.